The average molecular weight is 288 g/mol. The van der Waals surface area contributed by atoms with Crippen molar-refractivity contribution in [2.75, 3.05) is 0 Å². The van der Waals surface area contributed by atoms with Gasteiger partial charge in [-0.3, -0.25) is 0 Å². The lowest BCUT2D eigenvalue weighted by molar-refractivity contribution is 1.14. The van der Waals surface area contributed by atoms with Gasteiger partial charge in [0.1, 0.15) is 0 Å². The van der Waals surface area contributed by atoms with E-state index in [9.17, 15) is 0 Å². The molecule has 0 spiro atoms. The van der Waals surface area contributed by atoms with Crippen LogP contribution >= 0.6 is 45.3 Å². The Bertz CT molecular complexity index is 523. The SMILES string of the molecule is Cc1sc(=NN=c2sc(C)c(C)s2)sc1C. The van der Waals surface area contributed by atoms with Crippen LogP contribution in [-0.4, -0.2) is 0 Å². The maximum Gasteiger partial charge on any atom is 0.193 e. The molecule has 0 unspecified atom stereocenters. The van der Waals surface area contributed by atoms with Crippen molar-refractivity contribution < 1.29 is 0 Å². The molecule has 2 aromatic rings. The summed E-state index contributed by atoms with van der Waals surface area (Å²) in [5.74, 6) is 0. The van der Waals surface area contributed by atoms with Gasteiger partial charge in [0, 0.05) is 19.5 Å². The van der Waals surface area contributed by atoms with E-state index in [4.69, 9.17) is 0 Å². The molecule has 0 radical (unpaired) electrons. The molecule has 2 aromatic heterocycles. The highest BCUT2D eigenvalue weighted by Gasteiger charge is 1.98. The van der Waals surface area contributed by atoms with Crippen LogP contribution in [0.3, 0.4) is 0 Å². The first-order valence-corrected chi connectivity index (χ1v) is 8.05. The Morgan fingerprint density at radius 2 is 0.812 bits per heavy atom. The number of nitrogens with zero attached hydrogens (tertiary/aromatic N) is 2. The molecule has 0 aromatic carbocycles. The van der Waals surface area contributed by atoms with Crippen LogP contribution in [0, 0.1) is 27.7 Å². The summed E-state index contributed by atoms with van der Waals surface area (Å²) in [5, 5.41) is 8.59. The summed E-state index contributed by atoms with van der Waals surface area (Å²) < 4.78 is 2.07. The molecule has 0 saturated heterocycles. The molecule has 0 aliphatic heterocycles. The van der Waals surface area contributed by atoms with Crippen LogP contribution in [0.15, 0.2) is 10.2 Å². The molecular weight excluding hydrogens is 276 g/mol. The van der Waals surface area contributed by atoms with Crippen molar-refractivity contribution in [2.24, 2.45) is 10.2 Å². The van der Waals surface area contributed by atoms with E-state index >= 15 is 0 Å². The lowest BCUT2D eigenvalue weighted by atomic mass is 10.5. The highest BCUT2D eigenvalue weighted by atomic mass is 32.2. The summed E-state index contributed by atoms with van der Waals surface area (Å²) in [4.78, 5) is 5.34. The van der Waals surface area contributed by atoms with Crippen molar-refractivity contribution in [1.29, 1.82) is 0 Å². The number of hydrogen-bond acceptors (Lipinski definition) is 6. The largest absolute Gasteiger partial charge is 0.193 e. The highest BCUT2D eigenvalue weighted by molar-refractivity contribution is 7.27. The molecular formula is C10H12N2S4. The Balaban J connectivity index is 2.42. The second-order valence-electron chi connectivity index (χ2n) is 3.36. The van der Waals surface area contributed by atoms with Gasteiger partial charge < -0.3 is 0 Å². The molecule has 0 bridgehead atoms. The fourth-order valence-corrected chi connectivity index (χ4v) is 5.30. The summed E-state index contributed by atoms with van der Waals surface area (Å²) in [5.41, 5.74) is 0. The average Bonchev–Trinajstić information content (AvgIpc) is 2.70. The van der Waals surface area contributed by atoms with Crippen molar-refractivity contribution in [1.82, 2.24) is 0 Å². The first-order valence-electron chi connectivity index (χ1n) is 4.78. The van der Waals surface area contributed by atoms with Crippen molar-refractivity contribution >= 4 is 45.3 Å². The van der Waals surface area contributed by atoms with E-state index in [-0.39, 0.29) is 0 Å². The van der Waals surface area contributed by atoms with Crippen LogP contribution in [0.1, 0.15) is 19.5 Å². The van der Waals surface area contributed by atoms with Gasteiger partial charge in [0.25, 0.3) is 0 Å². The molecule has 0 saturated carbocycles. The minimum absolute atomic E-state index is 1.03. The quantitative estimate of drug-likeness (QED) is 0.717. The van der Waals surface area contributed by atoms with Gasteiger partial charge in [-0.2, -0.15) is 0 Å². The minimum Gasteiger partial charge on any atom is -0.126 e. The Kier molecular flexibility index (Phi) is 3.73. The third kappa shape index (κ3) is 2.68. The van der Waals surface area contributed by atoms with Crippen LogP contribution in [-0.2, 0) is 0 Å². The van der Waals surface area contributed by atoms with E-state index < -0.39 is 0 Å². The molecule has 0 aliphatic rings. The van der Waals surface area contributed by atoms with Crippen LogP contribution in [0.4, 0.5) is 0 Å². The molecule has 0 N–H and O–H groups in total. The van der Waals surface area contributed by atoms with Gasteiger partial charge >= 0.3 is 0 Å². The number of rotatable bonds is 1. The van der Waals surface area contributed by atoms with Crippen LogP contribution < -0.4 is 7.97 Å². The Hall–Kier alpha value is -0.300. The number of aryl methyl sites for hydroxylation is 4. The van der Waals surface area contributed by atoms with E-state index in [0.717, 1.165) is 7.97 Å². The molecule has 2 heterocycles. The first kappa shape index (κ1) is 12.2. The molecule has 0 atom stereocenters. The highest BCUT2D eigenvalue weighted by Crippen LogP contribution is 2.15. The smallest absolute Gasteiger partial charge is 0.126 e. The zero-order valence-electron chi connectivity index (χ0n) is 9.53. The van der Waals surface area contributed by atoms with Crippen molar-refractivity contribution in [3.63, 3.8) is 0 Å². The van der Waals surface area contributed by atoms with Gasteiger partial charge in [-0.05, 0) is 27.7 Å². The fraction of sp³-hybridized carbons (Fsp3) is 0.400. The molecule has 0 fully saturated rings. The third-order valence-corrected chi connectivity index (χ3v) is 6.90. The maximum absolute atomic E-state index is 4.30. The predicted octanol–water partition coefficient (Wildman–Crippen LogP) is 3.58. The maximum atomic E-state index is 4.30. The lowest BCUT2D eigenvalue weighted by Gasteiger charge is -1.77. The zero-order valence-corrected chi connectivity index (χ0v) is 12.8. The van der Waals surface area contributed by atoms with E-state index in [1.54, 1.807) is 45.3 Å². The first-order chi connectivity index (χ1) is 7.56. The molecule has 86 valence electrons. The van der Waals surface area contributed by atoms with E-state index in [1.807, 2.05) is 0 Å². The standard InChI is InChI=1S/C10H12N2S4/c1-5-6(2)14-9(13-5)11-12-10-15-7(3)8(4)16-10/h1-4H3. The summed E-state index contributed by atoms with van der Waals surface area (Å²) in [6.07, 6.45) is 0. The predicted molar refractivity (Wildman–Crippen MR) is 74.5 cm³/mol. The Labute approximate surface area is 110 Å². The van der Waals surface area contributed by atoms with Crippen LogP contribution in [0.2, 0.25) is 0 Å². The van der Waals surface area contributed by atoms with E-state index in [2.05, 4.69) is 37.9 Å². The zero-order chi connectivity index (χ0) is 11.7. The van der Waals surface area contributed by atoms with Crippen LogP contribution in [0.25, 0.3) is 0 Å². The monoisotopic (exact) mass is 288 g/mol. The fourth-order valence-electron chi connectivity index (χ4n) is 1.02. The van der Waals surface area contributed by atoms with Crippen LogP contribution in [0.5, 0.6) is 0 Å². The second-order valence-corrected chi connectivity index (χ2v) is 8.69. The summed E-state index contributed by atoms with van der Waals surface area (Å²) in [6, 6.07) is 0. The van der Waals surface area contributed by atoms with Gasteiger partial charge in [0.2, 0.25) is 0 Å². The second kappa shape index (κ2) is 4.91. The van der Waals surface area contributed by atoms with Crippen molar-refractivity contribution in [3.8, 4) is 0 Å². The molecule has 6 heteroatoms. The minimum atomic E-state index is 1.03. The third-order valence-electron chi connectivity index (χ3n) is 2.17. The normalized spacial score (nSPS) is 10.5. The summed E-state index contributed by atoms with van der Waals surface area (Å²) >= 11 is 6.85. The summed E-state index contributed by atoms with van der Waals surface area (Å²) in [6.45, 7) is 8.49. The van der Waals surface area contributed by atoms with E-state index in [1.165, 1.54) is 19.5 Å². The van der Waals surface area contributed by atoms with Gasteiger partial charge in [0.15, 0.2) is 7.97 Å². The molecule has 16 heavy (non-hydrogen) atoms. The molecule has 2 nitrogen and oxygen atoms in total. The van der Waals surface area contributed by atoms with Gasteiger partial charge in [-0.1, -0.05) is 0 Å². The molecule has 0 aliphatic carbocycles. The molecule has 2 rings (SSSR count). The summed E-state index contributed by atoms with van der Waals surface area (Å²) in [7, 11) is 0. The van der Waals surface area contributed by atoms with Crippen molar-refractivity contribution in [3.05, 3.63) is 27.5 Å². The lowest BCUT2D eigenvalue weighted by Crippen LogP contribution is -1.88. The Morgan fingerprint density at radius 3 is 1.06 bits per heavy atom. The van der Waals surface area contributed by atoms with Crippen molar-refractivity contribution in [2.45, 2.75) is 27.7 Å². The van der Waals surface area contributed by atoms with Gasteiger partial charge in [0.05, 0.1) is 0 Å². The topological polar surface area (TPSA) is 24.7 Å². The Morgan fingerprint density at radius 1 is 0.562 bits per heavy atom. The van der Waals surface area contributed by atoms with Gasteiger partial charge in [-0.15, -0.1) is 55.5 Å². The number of hydrogen-bond donors (Lipinski definition) is 0. The van der Waals surface area contributed by atoms with Gasteiger partial charge in [-0.25, -0.2) is 0 Å². The van der Waals surface area contributed by atoms with E-state index in [0.29, 0.717) is 0 Å². The molecule has 0 amide bonds.